The molecule has 1 fully saturated rings. The number of hydrogen-bond donors (Lipinski definition) is 2. The summed E-state index contributed by atoms with van der Waals surface area (Å²) in [6.45, 7) is 1.86. The van der Waals surface area contributed by atoms with Gasteiger partial charge in [0.15, 0.2) is 0 Å². The van der Waals surface area contributed by atoms with Crippen molar-refractivity contribution in [1.29, 1.82) is 0 Å². The smallest absolute Gasteiger partial charge is 0.240 e. The van der Waals surface area contributed by atoms with E-state index in [-0.39, 0.29) is 34.6 Å². The lowest BCUT2D eigenvalue weighted by Gasteiger charge is -2.29. The van der Waals surface area contributed by atoms with Crippen LogP contribution in [0.1, 0.15) is 44.2 Å². The molecule has 1 amide bonds. The number of sulfonamides is 1. The van der Waals surface area contributed by atoms with Crippen molar-refractivity contribution in [1.82, 2.24) is 20.0 Å². The molecule has 7 nitrogen and oxygen atoms in total. The van der Waals surface area contributed by atoms with Crippen LogP contribution in [0.3, 0.4) is 0 Å². The van der Waals surface area contributed by atoms with E-state index in [0.29, 0.717) is 25.7 Å². The summed E-state index contributed by atoms with van der Waals surface area (Å²) in [5.41, 5.74) is 2.48. The van der Waals surface area contributed by atoms with Crippen molar-refractivity contribution in [2.75, 3.05) is 0 Å². The zero-order valence-electron chi connectivity index (χ0n) is 18.8. The predicted octanol–water partition coefficient (Wildman–Crippen LogP) is 4.00. The standard InChI is InChI=1S/C25H27FN4O3S/c1-17(18-2-8-22(26)9-3-18)29-25(31)20-4-10-23(11-5-20)30-34(32,33)24-12-6-19(7-13-24)21-14-27-16-28-15-21/h2-3,6-9,12-17,20,23,30H,4-5,10-11H2,1H3,(H,29,31)/t17-,20?,23?/m1/s1. The van der Waals surface area contributed by atoms with Crippen LogP contribution < -0.4 is 10.0 Å². The summed E-state index contributed by atoms with van der Waals surface area (Å²) in [4.78, 5) is 20.8. The first kappa shape index (κ1) is 24.0. The number of halogens is 1. The Labute approximate surface area is 198 Å². The van der Waals surface area contributed by atoms with Crippen LogP contribution in [0.2, 0.25) is 0 Å². The van der Waals surface area contributed by atoms with Gasteiger partial charge in [0.2, 0.25) is 15.9 Å². The van der Waals surface area contributed by atoms with Crippen molar-refractivity contribution < 1.29 is 17.6 Å². The van der Waals surface area contributed by atoms with Crippen LogP contribution in [-0.2, 0) is 14.8 Å². The van der Waals surface area contributed by atoms with Crippen LogP contribution in [0.5, 0.6) is 0 Å². The Morgan fingerprint density at radius 2 is 1.56 bits per heavy atom. The minimum Gasteiger partial charge on any atom is -0.349 e. The fourth-order valence-corrected chi connectivity index (χ4v) is 5.51. The molecule has 1 heterocycles. The Morgan fingerprint density at radius 3 is 2.18 bits per heavy atom. The zero-order chi connectivity index (χ0) is 24.1. The third kappa shape index (κ3) is 5.84. The number of aromatic nitrogens is 2. The minimum absolute atomic E-state index is 0.0568. The summed E-state index contributed by atoms with van der Waals surface area (Å²) in [5, 5.41) is 2.98. The Bertz CT molecular complexity index is 1210. The van der Waals surface area contributed by atoms with E-state index in [0.717, 1.165) is 16.7 Å². The topological polar surface area (TPSA) is 101 Å². The molecule has 0 bridgehead atoms. The van der Waals surface area contributed by atoms with Gasteiger partial charge in [0.1, 0.15) is 12.1 Å². The average molecular weight is 483 g/mol. The third-order valence-electron chi connectivity index (χ3n) is 6.21. The number of nitrogens with zero attached hydrogens (tertiary/aromatic N) is 2. The van der Waals surface area contributed by atoms with Crippen molar-refractivity contribution in [2.24, 2.45) is 5.92 Å². The number of benzene rings is 2. The summed E-state index contributed by atoms with van der Waals surface area (Å²) in [5.74, 6) is -0.542. The SMILES string of the molecule is C[C@@H](NC(=O)C1CCC(NS(=O)(=O)c2ccc(-c3cncnc3)cc2)CC1)c1ccc(F)cc1. The maximum atomic E-state index is 13.1. The van der Waals surface area contributed by atoms with Gasteiger partial charge in [-0.15, -0.1) is 0 Å². The molecule has 1 atom stereocenters. The molecule has 1 aromatic heterocycles. The summed E-state index contributed by atoms with van der Waals surface area (Å²) in [7, 11) is -3.67. The van der Waals surface area contributed by atoms with E-state index in [1.54, 1.807) is 48.8 Å². The number of carbonyl (C=O) groups excluding carboxylic acids is 1. The highest BCUT2D eigenvalue weighted by molar-refractivity contribution is 7.89. The third-order valence-corrected chi connectivity index (χ3v) is 7.74. The first-order valence-corrected chi connectivity index (χ1v) is 12.7. The second-order valence-corrected chi connectivity index (χ2v) is 10.3. The van der Waals surface area contributed by atoms with Crippen LogP contribution >= 0.6 is 0 Å². The lowest BCUT2D eigenvalue weighted by atomic mass is 9.85. The largest absolute Gasteiger partial charge is 0.349 e. The molecule has 178 valence electrons. The molecule has 34 heavy (non-hydrogen) atoms. The van der Waals surface area contributed by atoms with Gasteiger partial charge in [0, 0.05) is 29.9 Å². The molecule has 1 saturated carbocycles. The minimum atomic E-state index is -3.67. The van der Waals surface area contributed by atoms with Gasteiger partial charge in [-0.1, -0.05) is 24.3 Å². The number of hydrogen-bond acceptors (Lipinski definition) is 5. The Hall–Kier alpha value is -3.17. The van der Waals surface area contributed by atoms with E-state index in [2.05, 4.69) is 20.0 Å². The second-order valence-electron chi connectivity index (χ2n) is 8.60. The predicted molar refractivity (Wildman–Crippen MR) is 126 cm³/mol. The molecule has 0 radical (unpaired) electrons. The van der Waals surface area contributed by atoms with Crippen LogP contribution in [-0.4, -0.2) is 30.3 Å². The van der Waals surface area contributed by atoms with Gasteiger partial charge in [-0.25, -0.2) is 27.5 Å². The molecule has 0 spiro atoms. The maximum Gasteiger partial charge on any atom is 0.240 e. The van der Waals surface area contributed by atoms with Crippen LogP contribution in [0, 0.1) is 11.7 Å². The van der Waals surface area contributed by atoms with E-state index in [1.807, 2.05) is 6.92 Å². The molecule has 3 aromatic rings. The van der Waals surface area contributed by atoms with Crippen LogP contribution in [0.15, 0.2) is 72.1 Å². The van der Waals surface area contributed by atoms with Crippen molar-refractivity contribution >= 4 is 15.9 Å². The van der Waals surface area contributed by atoms with Gasteiger partial charge in [0.05, 0.1) is 10.9 Å². The van der Waals surface area contributed by atoms with E-state index in [9.17, 15) is 17.6 Å². The first-order valence-electron chi connectivity index (χ1n) is 11.3. The lowest BCUT2D eigenvalue weighted by molar-refractivity contribution is -0.126. The number of nitrogens with one attached hydrogen (secondary N) is 2. The molecule has 9 heteroatoms. The number of rotatable bonds is 7. The van der Waals surface area contributed by atoms with Gasteiger partial charge in [-0.2, -0.15) is 0 Å². The average Bonchev–Trinajstić information content (AvgIpc) is 2.85. The van der Waals surface area contributed by atoms with Crippen molar-refractivity contribution in [2.45, 2.75) is 49.6 Å². The van der Waals surface area contributed by atoms with Crippen LogP contribution in [0.25, 0.3) is 11.1 Å². The summed E-state index contributed by atoms with van der Waals surface area (Å²) in [6.07, 6.45) is 7.15. The highest BCUT2D eigenvalue weighted by atomic mass is 32.2. The van der Waals surface area contributed by atoms with Gasteiger partial charge in [0.25, 0.3) is 0 Å². The van der Waals surface area contributed by atoms with Crippen molar-refractivity contribution in [3.05, 3.63) is 78.6 Å². The Balaban J connectivity index is 1.30. The molecule has 1 aliphatic rings. The second kappa shape index (κ2) is 10.4. The molecule has 0 aliphatic heterocycles. The monoisotopic (exact) mass is 482 g/mol. The van der Waals surface area contributed by atoms with Crippen LogP contribution in [0.4, 0.5) is 4.39 Å². The Morgan fingerprint density at radius 1 is 0.941 bits per heavy atom. The van der Waals surface area contributed by atoms with E-state index < -0.39 is 10.0 Å². The Kier molecular flexibility index (Phi) is 7.33. The van der Waals surface area contributed by atoms with E-state index in [4.69, 9.17) is 0 Å². The number of carbonyl (C=O) groups is 1. The van der Waals surface area contributed by atoms with Gasteiger partial charge >= 0.3 is 0 Å². The lowest BCUT2D eigenvalue weighted by Crippen LogP contribution is -2.41. The maximum absolute atomic E-state index is 13.1. The molecule has 1 aliphatic carbocycles. The number of amides is 1. The molecule has 2 N–H and O–H groups in total. The molecule has 0 saturated heterocycles. The highest BCUT2D eigenvalue weighted by Gasteiger charge is 2.29. The first-order chi connectivity index (χ1) is 16.3. The quantitative estimate of drug-likeness (QED) is 0.530. The molecule has 2 aromatic carbocycles. The van der Waals surface area contributed by atoms with Crippen molar-refractivity contribution in [3.63, 3.8) is 0 Å². The highest BCUT2D eigenvalue weighted by Crippen LogP contribution is 2.27. The van der Waals surface area contributed by atoms with Gasteiger partial charge < -0.3 is 5.32 Å². The van der Waals surface area contributed by atoms with E-state index >= 15 is 0 Å². The van der Waals surface area contributed by atoms with Crippen molar-refractivity contribution in [3.8, 4) is 11.1 Å². The summed E-state index contributed by atoms with van der Waals surface area (Å²) in [6, 6.07) is 12.2. The zero-order valence-corrected chi connectivity index (χ0v) is 19.6. The van der Waals surface area contributed by atoms with E-state index in [1.165, 1.54) is 18.5 Å². The summed E-state index contributed by atoms with van der Waals surface area (Å²) >= 11 is 0. The fraction of sp³-hybridized carbons (Fsp3) is 0.320. The molecule has 4 rings (SSSR count). The van der Waals surface area contributed by atoms with Gasteiger partial charge in [-0.3, -0.25) is 4.79 Å². The van der Waals surface area contributed by atoms with Gasteiger partial charge in [-0.05, 0) is 68.0 Å². The molecular formula is C25H27FN4O3S. The molecule has 0 unspecified atom stereocenters. The fourth-order valence-electron chi connectivity index (χ4n) is 4.20. The summed E-state index contributed by atoms with van der Waals surface area (Å²) < 4.78 is 41.6. The normalized spacial score (nSPS) is 19.4. The molecular weight excluding hydrogens is 455 g/mol.